The maximum absolute atomic E-state index is 13.2. The predicted molar refractivity (Wildman–Crippen MR) is 145 cm³/mol. The number of ether oxygens (including phenoxy) is 3. The highest BCUT2D eigenvalue weighted by molar-refractivity contribution is 5.79. The van der Waals surface area contributed by atoms with Crippen molar-refractivity contribution in [2.45, 2.75) is 45.1 Å². The Hall–Kier alpha value is -4.05. The number of hydrogen-bond donors (Lipinski definition) is 0. The van der Waals surface area contributed by atoms with E-state index >= 15 is 0 Å². The quantitative estimate of drug-likeness (QED) is 0.195. The van der Waals surface area contributed by atoms with Crippen LogP contribution in [0, 0.1) is 0 Å². The number of aryl methyl sites for hydroxylation is 1. The van der Waals surface area contributed by atoms with Crippen LogP contribution in [0.2, 0.25) is 0 Å². The summed E-state index contributed by atoms with van der Waals surface area (Å²) in [4.78, 5) is 12.9. The molecule has 1 aliphatic rings. The molecule has 0 amide bonds. The maximum atomic E-state index is 13.2. The fourth-order valence-corrected chi connectivity index (χ4v) is 4.62. The van der Waals surface area contributed by atoms with Crippen molar-refractivity contribution in [1.29, 1.82) is 0 Å². The monoisotopic (exact) mass is 532 g/mol. The molecule has 0 radical (unpaired) electrons. The number of rotatable bonds is 10. The van der Waals surface area contributed by atoms with Crippen LogP contribution in [0.3, 0.4) is 0 Å². The maximum Gasteiger partial charge on any atom is 0.130 e. The minimum atomic E-state index is -0.639. The summed E-state index contributed by atoms with van der Waals surface area (Å²) >= 11 is 0. The highest BCUT2D eigenvalue weighted by atomic mass is 19.1. The van der Waals surface area contributed by atoms with Crippen LogP contribution >= 0.6 is 0 Å². The first-order chi connectivity index (χ1) is 19.2. The summed E-state index contributed by atoms with van der Waals surface area (Å²) in [7, 11) is 1.89. The molecule has 1 unspecified atom stereocenters. The molecule has 0 aliphatic carbocycles. The van der Waals surface area contributed by atoms with E-state index in [2.05, 4.69) is 15.0 Å². The Labute approximate surface area is 227 Å². The second-order valence-corrected chi connectivity index (χ2v) is 9.40. The number of alkyl halides is 1. The lowest BCUT2D eigenvalue weighted by Gasteiger charge is -2.12. The van der Waals surface area contributed by atoms with Crippen LogP contribution in [0.5, 0.6) is 5.75 Å². The van der Waals surface area contributed by atoms with Crippen LogP contribution in [0.15, 0.2) is 73.0 Å². The number of imidazole rings is 1. The second-order valence-electron chi connectivity index (χ2n) is 9.40. The van der Waals surface area contributed by atoms with Gasteiger partial charge in [0.25, 0.3) is 0 Å². The molecule has 9 nitrogen and oxygen atoms in total. The molecular weight excluding hydrogens is 499 g/mol. The van der Waals surface area contributed by atoms with Crippen LogP contribution < -0.4 is 4.74 Å². The van der Waals surface area contributed by atoms with Crippen LogP contribution in [0.4, 0.5) is 4.39 Å². The molecule has 0 bridgehead atoms. The smallest absolute Gasteiger partial charge is 0.130 e. The third-order valence-electron chi connectivity index (χ3n) is 6.77. The molecule has 3 aromatic heterocycles. The zero-order valence-corrected chi connectivity index (χ0v) is 22.3. The Kier molecular flexibility index (Phi) is 8.62. The van der Waals surface area contributed by atoms with E-state index < -0.39 is 6.67 Å². The van der Waals surface area contributed by atoms with Crippen molar-refractivity contribution < 1.29 is 18.6 Å². The van der Waals surface area contributed by atoms with E-state index in [-0.39, 0.29) is 6.61 Å². The summed E-state index contributed by atoms with van der Waals surface area (Å²) in [5.41, 5.74) is 4.51. The third kappa shape index (κ3) is 6.34. The summed E-state index contributed by atoms with van der Waals surface area (Å²) in [6.45, 7) is 3.15. The Morgan fingerprint density at radius 1 is 1.15 bits per heavy atom. The molecule has 0 spiro atoms. The molecule has 5 rings (SSSR count). The first-order valence-corrected chi connectivity index (χ1v) is 13.3. The van der Waals surface area contributed by atoms with Gasteiger partial charge in [0.2, 0.25) is 0 Å². The number of allylic oxidation sites excluding steroid dienone is 3. The zero-order valence-electron chi connectivity index (χ0n) is 22.3. The summed E-state index contributed by atoms with van der Waals surface area (Å²) < 4.78 is 34.5. The first-order valence-electron chi connectivity index (χ1n) is 13.3. The minimum absolute atomic E-state index is 0.280. The zero-order chi connectivity index (χ0) is 27.0. The first kappa shape index (κ1) is 26.6. The van der Waals surface area contributed by atoms with E-state index in [0.29, 0.717) is 29.6 Å². The summed E-state index contributed by atoms with van der Waals surface area (Å²) in [6.07, 6.45) is 13.5. The van der Waals surface area contributed by atoms with Gasteiger partial charge in [-0.15, -0.1) is 0 Å². The summed E-state index contributed by atoms with van der Waals surface area (Å²) in [5.74, 6) is 2.03. The Balaban J connectivity index is 1.34. The van der Waals surface area contributed by atoms with Gasteiger partial charge in [-0.05, 0) is 49.6 Å². The molecule has 10 heteroatoms. The number of hydrogen-bond acceptors (Lipinski definition) is 7. The highest BCUT2D eigenvalue weighted by Crippen LogP contribution is 2.32. The molecule has 1 atom stereocenters. The van der Waals surface area contributed by atoms with Crippen molar-refractivity contribution in [3.8, 4) is 11.4 Å². The van der Waals surface area contributed by atoms with E-state index in [1.54, 1.807) is 31.1 Å². The topological polar surface area (TPSA) is 89.1 Å². The van der Waals surface area contributed by atoms with Crippen LogP contribution in [-0.2, 0) is 23.1 Å². The van der Waals surface area contributed by atoms with Crippen LogP contribution in [0.1, 0.15) is 49.9 Å². The van der Waals surface area contributed by atoms with Gasteiger partial charge in [0.15, 0.2) is 0 Å². The van der Waals surface area contributed by atoms with Crippen LogP contribution in [0.25, 0.3) is 16.7 Å². The summed E-state index contributed by atoms with van der Waals surface area (Å²) in [5, 5.41) is 4.98. The normalized spacial score (nSPS) is 16.8. The SMILES string of the molecule is CC/C(=C\C(=C/CF)OCc1cncn1C)Oc1ccc(-n2nc(C3CCCOCC3)c3ncncc32)cc1. The summed E-state index contributed by atoms with van der Waals surface area (Å²) in [6, 6.07) is 7.70. The predicted octanol–water partition coefficient (Wildman–Crippen LogP) is 5.58. The number of benzene rings is 1. The molecule has 0 saturated carbocycles. The Morgan fingerprint density at radius 3 is 2.79 bits per heavy atom. The van der Waals surface area contributed by atoms with Crippen LogP contribution in [-0.4, -0.2) is 49.2 Å². The van der Waals surface area contributed by atoms with Gasteiger partial charge in [-0.3, -0.25) is 0 Å². The number of fused-ring (bicyclic) bond motifs is 1. The van der Waals surface area contributed by atoms with Gasteiger partial charge < -0.3 is 18.8 Å². The minimum Gasteiger partial charge on any atom is -0.487 e. The number of aromatic nitrogens is 6. The molecule has 4 heterocycles. The van der Waals surface area contributed by atoms with Crippen molar-refractivity contribution in [2.24, 2.45) is 7.05 Å². The molecular formula is C29H33FN6O3. The highest BCUT2D eigenvalue weighted by Gasteiger charge is 2.23. The van der Waals surface area contributed by atoms with Gasteiger partial charge in [-0.1, -0.05) is 6.92 Å². The average molecular weight is 533 g/mol. The lowest BCUT2D eigenvalue weighted by atomic mass is 9.96. The van der Waals surface area contributed by atoms with E-state index in [9.17, 15) is 4.39 Å². The molecule has 4 aromatic rings. The molecule has 0 N–H and O–H groups in total. The van der Waals surface area contributed by atoms with Gasteiger partial charge in [-0.2, -0.15) is 5.10 Å². The van der Waals surface area contributed by atoms with Crippen molar-refractivity contribution in [3.63, 3.8) is 0 Å². The van der Waals surface area contributed by atoms with Gasteiger partial charge >= 0.3 is 0 Å². The fraction of sp³-hybridized carbons (Fsp3) is 0.379. The lowest BCUT2D eigenvalue weighted by Crippen LogP contribution is -2.03. The van der Waals surface area contributed by atoms with Crippen molar-refractivity contribution >= 4 is 11.0 Å². The molecule has 204 valence electrons. The fourth-order valence-electron chi connectivity index (χ4n) is 4.62. The van der Waals surface area contributed by atoms with Crippen molar-refractivity contribution in [1.82, 2.24) is 29.3 Å². The Bertz CT molecular complexity index is 1440. The van der Waals surface area contributed by atoms with E-state index in [1.165, 1.54) is 6.08 Å². The number of nitrogens with zero attached hydrogens (tertiary/aromatic N) is 6. The van der Waals surface area contributed by atoms with E-state index in [4.69, 9.17) is 19.3 Å². The van der Waals surface area contributed by atoms with E-state index in [1.807, 2.05) is 47.5 Å². The number of halogens is 1. The van der Waals surface area contributed by atoms with E-state index in [0.717, 1.165) is 60.6 Å². The average Bonchev–Trinajstić information content (AvgIpc) is 3.44. The second kappa shape index (κ2) is 12.7. The van der Waals surface area contributed by atoms with Gasteiger partial charge in [0.1, 0.15) is 47.9 Å². The van der Waals surface area contributed by atoms with Gasteiger partial charge in [0.05, 0.1) is 35.8 Å². The van der Waals surface area contributed by atoms with Gasteiger partial charge in [-0.25, -0.2) is 24.0 Å². The molecule has 39 heavy (non-hydrogen) atoms. The lowest BCUT2D eigenvalue weighted by molar-refractivity contribution is 0.143. The molecule has 1 saturated heterocycles. The standard InChI is InChI=1S/C29H33FN6O3/c1-3-24(15-26(10-12-30)38-18-23-16-32-20-35(23)2)39-25-8-6-22(7-9-25)36-27-17-31-19-33-29(27)28(34-36)21-5-4-13-37-14-11-21/h6-10,15-17,19-21H,3-5,11-14,18H2,1-2H3/b24-15+,26-10+. The molecule has 1 fully saturated rings. The Morgan fingerprint density at radius 2 is 2.03 bits per heavy atom. The van der Waals surface area contributed by atoms with Gasteiger partial charge in [0, 0.05) is 38.7 Å². The van der Waals surface area contributed by atoms with Crippen molar-refractivity contribution in [3.05, 3.63) is 84.4 Å². The third-order valence-corrected chi connectivity index (χ3v) is 6.77. The van der Waals surface area contributed by atoms with Crippen molar-refractivity contribution in [2.75, 3.05) is 19.9 Å². The largest absolute Gasteiger partial charge is 0.487 e. The molecule has 1 aromatic carbocycles. The molecule has 1 aliphatic heterocycles.